The molecule has 1 unspecified atom stereocenters. The van der Waals surface area contributed by atoms with Crippen molar-refractivity contribution in [1.29, 1.82) is 0 Å². The fraction of sp³-hybridized carbons (Fsp3) is 0.786. The normalized spacial score (nSPS) is 15.7. The summed E-state index contributed by atoms with van der Waals surface area (Å²) in [4.78, 5) is 11.5. The third kappa shape index (κ3) is 5.34. The maximum absolute atomic E-state index is 11.5. The van der Waals surface area contributed by atoms with Crippen molar-refractivity contribution in [3.8, 4) is 0 Å². The molecular formula is C14H26O2. The van der Waals surface area contributed by atoms with Crippen molar-refractivity contribution in [3.05, 3.63) is 11.6 Å². The summed E-state index contributed by atoms with van der Waals surface area (Å²) in [6.45, 7) is 10.7. The first-order valence-corrected chi connectivity index (χ1v) is 6.29. The monoisotopic (exact) mass is 226 g/mol. The van der Waals surface area contributed by atoms with Crippen LogP contribution in [0.15, 0.2) is 11.6 Å². The summed E-state index contributed by atoms with van der Waals surface area (Å²) in [6.07, 6.45) is 6.36. The molecule has 0 N–H and O–H groups in total. The van der Waals surface area contributed by atoms with Crippen LogP contribution in [0.25, 0.3) is 0 Å². The van der Waals surface area contributed by atoms with Crippen LogP contribution < -0.4 is 0 Å². The molecule has 0 aromatic heterocycles. The highest BCUT2D eigenvalue weighted by Gasteiger charge is 2.23. The Morgan fingerprint density at radius 1 is 1.38 bits per heavy atom. The summed E-state index contributed by atoms with van der Waals surface area (Å²) in [5, 5.41) is 0. The van der Waals surface area contributed by atoms with Gasteiger partial charge in [0.05, 0.1) is 6.61 Å². The first-order chi connectivity index (χ1) is 7.49. The minimum atomic E-state index is -0.182. The Labute approximate surface area is 100 Å². The lowest BCUT2D eigenvalue weighted by Gasteiger charge is -2.27. The number of carbonyl (C=O) groups excluding carboxylic acids is 1. The summed E-state index contributed by atoms with van der Waals surface area (Å²) < 4.78 is 5.34. The molecule has 0 aliphatic carbocycles. The van der Waals surface area contributed by atoms with Crippen LogP contribution in [0.2, 0.25) is 0 Å². The van der Waals surface area contributed by atoms with Gasteiger partial charge in [-0.2, -0.15) is 0 Å². The van der Waals surface area contributed by atoms with Crippen LogP contribution in [0, 0.1) is 5.41 Å². The Morgan fingerprint density at radius 2 is 2.00 bits per heavy atom. The van der Waals surface area contributed by atoms with Crippen LogP contribution in [-0.2, 0) is 9.53 Å². The zero-order chi connectivity index (χ0) is 12.6. The molecule has 0 spiro atoms. The van der Waals surface area contributed by atoms with E-state index < -0.39 is 0 Å². The Bertz CT molecular complexity index is 243. The molecule has 0 rings (SSSR count). The average Bonchev–Trinajstić information content (AvgIpc) is 2.32. The van der Waals surface area contributed by atoms with Crippen molar-refractivity contribution in [2.24, 2.45) is 5.41 Å². The second-order valence-electron chi connectivity index (χ2n) is 4.82. The molecule has 0 saturated carbocycles. The molecule has 0 aromatic carbocycles. The Kier molecular flexibility index (Phi) is 7.11. The van der Waals surface area contributed by atoms with E-state index in [1.165, 1.54) is 12.8 Å². The number of ether oxygens (including phenoxy) is 1. The maximum Gasteiger partial charge on any atom is 0.333 e. The third-order valence-electron chi connectivity index (χ3n) is 3.29. The molecule has 94 valence electrons. The molecule has 0 amide bonds. The summed E-state index contributed by atoms with van der Waals surface area (Å²) in [6, 6.07) is 0. The average molecular weight is 226 g/mol. The Morgan fingerprint density at radius 3 is 2.44 bits per heavy atom. The van der Waals surface area contributed by atoms with E-state index in [-0.39, 0.29) is 11.4 Å². The highest BCUT2D eigenvalue weighted by atomic mass is 16.5. The quantitative estimate of drug-likeness (QED) is 0.482. The molecule has 16 heavy (non-hydrogen) atoms. The van der Waals surface area contributed by atoms with E-state index in [4.69, 9.17) is 4.74 Å². The molecule has 0 aliphatic heterocycles. The van der Waals surface area contributed by atoms with Gasteiger partial charge in [0, 0.05) is 11.0 Å². The van der Waals surface area contributed by atoms with E-state index in [2.05, 4.69) is 20.8 Å². The van der Waals surface area contributed by atoms with Gasteiger partial charge in [-0.25, -0.2) is 4.79 Å². The van der Waals surface area contributed by atoms with Crippen molar-refractivity contribution >= 4 is 5.97 Å². The summed E-state index contributed by atoms with van der Waals surface area (Å²) in [7, 11) is 0. The molecule has 2 nitrogen and oxygen atoms in total. The zero-order valence-electron chi connectivity index (χ0n) is 11.4. The van der Waals surface area contributed by atoms with Crippen LogP contribution >= 0.6 is 0 Å². The highest BCUT2D eigenvalue weighted by molar-refractivity contribution is 5.87. The molecule has 0 aliphatic rings. The van der Waals surface area contributed by atoms with Crippen molar-refractivity contribution in [2.75, 3.05) is 6.61 Å². The minimum absolute atomic E-state index is 0.139. The van der Waals surface area contributed by atoms with Gasteiger partial charge in [-0.15, -0.1) is 0 Å². The fourth-order valence-electron chi connectivity index (χ4n) is 1.43. The van der Waals surface area contributed by atoms with E-state index in [0.717, 1.165) is 12.8 Å². The second-order valence-corrected chi connectivity index (χ2v) is 4.82. The van der Waals surface area contributed by atoms with Crippen molar-refractivity contribution in [1.82, 2.24) is 0 Å². The largest absolute Gasteiger partial charge is 0.462 e. The number of esters is 1. The van der Waals surface area contributed by atoms with Gasteiger partial charge < -0.3 is 4.74 Å². The molecule has 2 heteroatoms. The second kappa shape index (κ2) is 7.48. The zero-order valence-corrected chi connectivity index (χ0v) is 11.4. The predicted octanol–water partition coefficient (Wildman–Crippen LogP) is 4.10. The number of allylic oxidation sites excluding steroid dienone is 1. The third-order valence-corrected chi connectivity index (χ3v) is 3.29. The van der Waals surface area contributed by atoms with Crippen LogP contribution in [0.3, 0.4) is 0 Å². The van der Waals surface area contributed by atoms with E-state index in [9.17, 15) is 4.79 Å². The molecule has 1 atom stereocenters. The fourth-order valence-corrected chi connectivity index (χ4v) is 1.43. The van der Waals surface area contributed by atoms with Gasteiger partial charge in [-0.3, -0.25) is 0 Å². The number of carbonyl (C=O) groups is 1. The minimum Gasteiger partial charge on any atom is -0.462 e. The SMILES string of the molecule is CC=C(C)C(=O)OCC(C)(CC)CCCC. The molecule has 0 saturated heterocycles. The molecule has 0 fully saturated rings. The summed E-state index contributed by atoms with van der Waals surface area (Å²) in [5.74, 6) is -0.182. The van der Waals surface area contributed by atoms with Gasteiger partial charge in [0.15, 0.2) is 0 Å². The Balaban J connectivity index is 4.18. The Hall–Kier alpha value is -0.790. The van der Waals surface area contributed by atoms with Gasteiger partial charge in [-0.05, 0) is 26.7 Å². The maximum atomic E-state index is 11.5. The predicted molar refractivity (Wildman–Crippen MR) is 68.3 cm³/mol. The summed E-state index contributed by atoms with van der Waals surface area (Å²) in [5.41, 5.74) is 0.827. The van der Waals surface area contributed by atoms with Crippen molar-refractivity contribution < 1.29 is 9.53 Å². The highest BCUT2D eigenvalue weighted by Crippen LogP contribution is 2.28. The smallest absolute Gasteiger partial charge is 0.333 e. The van der Waals surface area contributed by atoms with Crippen molar-refractivity contribution in [2.45, 2.75) is 60.3 Å². The molecule has 0 heterocycles. The first kappa shape index (κ1) is 15.2. The lowest BCUT2D eigenvalue weighted by Crippen LogP contribution is -2.24. The molecule has 0 aromatic rings. The van der Waals surface area contributed by atoms with Crippen LogP contribution in [0.5, 0.6) is 0 Å². The number of hydrogen-bond acceptors (Lipinski definition) is 2. The van der Waals surface area contributed by atoms with Gasteiger partial charge in [0.1, 0.15) is 0 Å². The van der Waals surface area contributed by atoms with Gasteiger partial charge >= 0.3 is 5.97 Å². The lowest BCUT2D eigenvalue weighted by atomic mass is 9.83. The van der Waals surface area contributed by atoms with Gasteiger partial charge in [0.2, 0.25) is 0 Å². The van der Waals surface area contributed by atoms with Crippen LogP contribution in [0.1, 0.15) is 60.3 Å². The standard InChI is InChI=1S/C14H26O2/c1-6-9-10-14(5,8-3)11-16-13(15)12(4)7-2/h7H,6,8-11H2,1-5H3. The van der Waals surface area contributed by atoms with Crippen LogP contribution in [0.4, 0.5) is 0 Å². The topological polar surface area (TPSA) is 26.3 Å². The lowest BCUT2D eigenvalue weighted by molar-refractivity contribution is -0.142. The molecular weight excluding hydrogens is 200 g/mol. The number of rotatable bonds is 7. The number of unbranched alkanes of at least 4 members (excludes halogenated alkanes) is 1. The first-order valence-electron chi connectivity index (χ1n) is 6.29. The van der Waals surface area contributed by atoms with Gasteiger partial charge in [0.25, 0.3) is 0 Å². The van der Waals surface area contributed by atoms with E-state index in [1.54, 1.807) is 13.0 Å². The van der Waals surface area contributed by atoms with Crippen LogP contribution in [-0.4, -0.2) is 12.6 Å². The van der Waals surface area contributed by atoms with E-state index >= 15 is 0 Å². The molecule has 0 bridgehead atoms. The van der Waals surface area contributed by atoms with Gasteiger partial charge in [-0.1, -0.05) is 39.7 Å². The van der Waals surface area contributed by atoms with E-state index in [1.807, 2.05) is 6.92 Å². The molecule has 0 radical (unpaired) electrons. The summed E-state index contributed by atoms with van der Waals surface area (Å²) >= 11 is 0. The van der Waals surface area contributed by atoms with E-state index in [0.29, 0.717) is 12.2 Å². The van der Waals surface area contributed by atoms with Crippen molar-refractivity contribution in [3.63, 3.8) is 0 Å². The number of hydrogen-bond donors (Lipinski definition) is 0.